The van der Waals surface area contributed by atoms with Crippen molar-refractivity contribution in [3.63, 3.8) is 0 Å². The van der Waals surface area contributed by atoms with E-state index in [1.54, 1.807) is 0 Å². The summed E-state index contributed by atoms with van der Waals surface area (Å²) < 4.78 is 0. The highest BCUT2D eigenvalue weighted by Crippen LogP contribution is 2.19. The first-order chi connectivity index (χ1) is 8.77. The van der Waals surface area contributed by atoms with Gasteiger partial charge in [0.25, 0.3) is 0 Å². The Kier molecular flexibility index (Phi) is 5.89. The largest absolute Gasteiger partial charge is 0.392 e. The van der Waals surface area contributed by atoms with E-state index in [-0.39, 0.29) is 24.3 Å². The van der Waals surface area contributed by atoms with Crippen LogP contribution in [0.4, 0.5) is 0 Å². The molecule has 0 aliphatic heterocycles. The molecule has 4 N–H and O–H groups in total. The standard InChI is InChI=1S/C14H28N2O2/c17-13-7-3-1-5-11(13)15-9-10-16-12-6-2-4-8-14(12)18/h11-18H,1-10H2/t11-,12+,13-,14+. The fraction of sp³-hybridized carbons (Fsp3) is 1.00. The van der Waals surface area contributed by atoms with E-state index in [1.807, 2.05) is 0 Å². The molecule has 0 radical (unpaired) electrons. The summed E-state index contributed by atoms with van der Waals surface area (Å²) in [7, 11) is 0. The van der Waals surface area contributed by atoms with Crippen molar-refractivity contribution >= 4 is 0 Å². The second-order valence-corrected chi connectivity index (χ2v) is 5.82. The molecule has 2 aliphatic carbocycles. The fourth-order valence-corrected chi connectivity index (χ4v) is 3.21. The number of hydrogen-bond donors (Lipinski definition) is 4. The van der Waals surface area contributed by atoms with Crippen molar-refractivity contribution in [3.8, 4) is 0 Å². The molecular formula is C14H28N2O2. The lowest BCUT2D eigenvalue weighted by Crippen LogP contribution is -2.48. The molecule has 0 aromatic carbocycles. The first kappa shape index (κ1) is 14.3. The molecule has 4 atom stereocenters. The normalized spacial score (nSPS) is 37.7. The third-order valence-corrected chi connectivity index (χ3v) is 4.40. The Morgan fingerprint density at radius 1 is 0.667 bits per heavy atom. The van der Waals surface area contributed by atoms with Crippen molar-refractivity contribution in [2.24, 2.45) is 0 Å². The van der Waals surface area contributed by atoms with Crippen LogP contribution in [-0.4, -0.2) is 47.6 Å². The summed E-state index contributed by atoms with van der Waals surface area (Å²) in [5.74, 6) is 0. The van der Waals surface area contributed by atoms with E-state index >= 15 is 0 Å². The van der Waals surface area contributed by atoms with E-state index in [0.717, 1.165) is 51.6 Å². The van der Waals surface area contributed by atoms with Crippen molar-refractivity contribution in [2.75, 3.05) is 13.1 Å². The molecule has 0 saturated heterocycles. The van der Waals surface area contributed by atoms with Gasteiger partial charge in [-0.2, -0.15) is 0 Å². The van der Waals surface area contributed by atoms with Crippen LogP contribution in [0.2, 0.25) is 0 Å². The van der Waals surface area contributed by atoms with E-state index < -0.39 is 0 Å². The summed E-state index contributed by atoms with van der Waals surface area (Å²) in [4.78, 5) is 0. The predicted molar refractivity (Wildman–Crippen MR) is 72.5 cm³/mol. The molecule has 0 heterocycles. The van der Waals surface area contributed by atoms with Crippen molar-refractivity contribution < 1.29 is 10.2 Å². The molecule has 2 fully saturated rings. The van der Waals surface area contributed by atoms with Gasteiger partial charge >= 0.3 is 0 Å². The van der Waals surface area contributed by atoms with Crippen LogP contribution in [-0.2, 0) is 0 Å². The van der Waals surface area contributed by atoms with Crippen LogP contribution in [0.1, 0.15) is 51.4 Å². The highest BCUT2D eigenvalue weighted by atomic mass is 16.3. The van der Waals surface area contributed by atoms with Gasteiger partial charge in [0.2, 0.25) is 0 Å². The molecular weight excluding hydrogens is 228 g/mol. The topological polar surface area (TPSA) is 64.5 Å². The Bertz CT molecular complexity index is 214. The molecule has 2 rings (SSSR count). The molecule has 4 nitrogen and oxygen atoms in total. The van der Waals surface area contributed by atoms with Gasteiger partial charge in [0.1, 0.15) is 0 Å². The van der Waals surface area contributed by atoms with Crippen molar-refractivity contribution in [1.82, 2.24) is 10.6 Å². The highest BCUT2D eigenvalue weighted by Gasteiger charge is 2.23. The predicted octanol–water partition coefficient (Wildman–Crippen LogP) is 0.773. The van der Waals surface area contributed by atoms with E-state index in [1.165, 1.54) is 12.8 Å². The lowest BCUT2D eigenvalue weighted by molar-refractivity contribution is 0.0844. The summed E-state index contributed by atoms with van der Waals surface area (Å²) in [5.41, 5.74) is 0. The molecule has 2 saturated carbocycles. The summed E-state index contributed by atoms with van der Waals surface area (Å²) in [6.07, 6.45) is 8.49. The van der Waals surface area contributed by atoms with Crippen molar-refractivity contribution in [1.29, 1.82) is 0 Å². The number of rotatable bonds is 5. The zero-order chi connectivity index (χ0) is 12.8. The lowest BCUT2D eigenvalue weighted by atomic mass is 9.92. The first-order valence-electron chi connectivity index (χ1n) is 7.60. The SMILES string of the molecule is O[C@@H]1CCCC[C@H]1NCCN[C@H]1CCCC[C@@H]1O. The second kappa shape index (κ2) is 7.43. The maximum atomic E-state index is 9.84. The minimum absolute atomic E-state index is 0.168. The van der Waals surface area contributed by atoms with Gasteiger partial charge in [0.15, 0.2) is 0 Å². The van der Waals surface area contributed by atoms with E-state index in [4.69, 9.17) is 0 Å². The number of hydrogen-bond acceptors (Lipinski definition) is 4. The van der Waals surface area contributed by atoms with Gasteiger partial charge in [-0.1, -0.05) is 25.7 Å². The zero-order valence-corrected chi connectivity index (χ0v) is 11.3. The molecule has 0 unspecified atom stereocenters. The Morgan fingerprint density at radius 2 is 1.06 bits per heavy atom. The Labute approximate surface area is 110 Å². The maximum absolute atomic E-state index is 9.84. The number of aliphatic hydroxyl groups is 2. The number of nitrogens with one attached hydrogen (secondary N) is 2. The summed E-state index contributed by atoms with van der Waals surface area (Å²) in [6, 6.07) is 0.550. The van der Waals surface area contributed by atoms with Crippen LogP contribution in [0.5, 0.6) is 0 Å². The second-order valence-electron chi connectivity index (χ2n) is 5.82. The molecule has 18 heavy (non-hydrogen) atoms. The van der Waals surface area contributed by atoms with Crippen molar-refractivity contribution in [2.45, 2.75) is 75.7 Å². The van der Waals surface area contributed by atoms with Gasteiger partial charge in [-0.15, -0.1) is 0 Å². The summed E-state index contributed by atoms with van der Waals surface area (Å²) in [6.45, 7) is 1.76. The van der Waals surface area contributed by atoms with Crippen LogP contribution in [0.15, 0.2) is 0 Å². The Morgan fingerprint density at radius 3 is 1.44 bits per heavy atom. The summed E-state index contributed by atoms with van der Waals surface area (Å²) in [5, 5.41) is 26.5. The first-order valence-corrected chi connectivity index (χ1v) is 7.60. The minimum atomic E-state index is -0.168. The smallest absolute Gasteiger partial charge is 0.0693 e. The van der Waals surface area contributed by atoms with Crippen LogP contribution in [0.3, 0.4) is 0 Å². The average molecular weight is 256 g/mol. The van der Waals surface area contributed by atoms with Gasteiger partial charge in [-0.3, -0.25) is 0 Å². The quantitative estimate of drug-likeness (QED) is 0.549. The Hall–Kier alpha value is -0.160. The Balaban J connectivity index is 1.57. The lowest BCUT2D eigenvalue weighted by Gasteiger charge is -2.30. The molecule has 0 spiro atoms. The van der Waals surface area contributed by atoms with Gasteiger partial charge in [0, 0.05) is 25.2 Å². The van der Waals surface area contributed by atoms with Crippen LogP contribution in [0, 0.1) is 0 Å². The van der Waals surface area contributed by atoms with Gasteiger partial charge < -0.3 is 20.8 Å². The number of aliphatic hydroxyl groups excluding tert-OH is 2. The molecule has 0 amide bonds. The minimum Gasteiger partial charge on any atom is -0.392 e. The molecule has 0 aromatic rings. The highest BCUT2D eigenvalue weighted by molar-refractivity contribution is 4.82. The third-order valence-electron chi connectivity index (χ3n) is 4.40. The third kappa shape index (κ3) is 4.19. The van der Waals surface area contributed by atoms with E-state index in [2.05, 4.69) is 10.6 Å². The van der Waals surface area contributed by atoms with Gasteiger partial charge in [0.05, 0.1) is 12.2 Å². The van der Waals surface area contributed by atoms with Crippen molar-refractivity contribution in [3.05, 3.63) is 0 Å². The van der Waals surface area contributed by atoms with E-state index in [9.17, 15) is 10.2 Å². The van der Waals surface area contributed by atoms with Gasteiger partial charge in [-0.05, 0) is 25.7 Å². The van der Waals surface area contributed by atoms with Crippen LogP contribution < -0.4 is 10.6 Å². The molecule has 2 aliphatic rings. The average Bonchev–Trinajstić information content (AvgIpc) is 2.38. The zero-order valence-electron chi connectivity index (χ0n) is 11.3. The van der Waals surface area contributed by atoms with Crippen LogP contribution >= 0.6 is 0 Å². The van der Waals surface area contributed by atoms with Gasteiger partial charge in [-0.25, -0.2) is 0 Å². The monoisotopic (exact) mass is 256 g/mol. The molecule has 106 valence electrons. The van der Waals surface area contributed by atoms with Crippen LogP contribution in [0.25, 0.3) is 0 Å². The summed E-state index contributed by atoms with van der Waals surface area (Å²) >= 11 is 0. The maximum Gasteiger partial charge on any atom is 0.0693 e. The van der Waals surface area contributed by atoms with E-state index in [0.29, 0.717) is 0 Å². The fourth-order valence-electron chi connectivity index (χ4n) is 3.21. The molecule has 0 bridgehead atoms. The molecule has 0 aromatic heterocycles. The molecule has 4 heteroatoms.